The molecule has 0 aliphatic rings. The third-order valence-corrected chi connectivity index (χ3v) is 4.14. The highest BCUT2D eigenvalue weighted by Gasteiger charge is 2.10. The first-order chi connectivity index (χ1) is 5.83. The lowest BCUT2D eigenvalue weighted by Crippen LogP contribution is -1.66. The van der Waals surface area contributed by atoms with E-state index >= 15 is 0 Å². The van der Waals surface area contributed by atoms with Crippen LogP contribution in [-0.2, 0) is 5.94 Å². The van der Waals surface area contributed by atoms with Gasteiger partial charge in [0.05, 0.1) is 5.52 Å². The maximum absolute atomic E-state index is 9.07. The number of aromatic amines is 1. The number of hydrogen-bond acceptors (Lipinski definition) is 2. The molecule has 2 aromatic rings. The molecule has 0 bridgehead atoms. The van der Waals surface area contributed by atoms with Crippen LogP contribution >= 0.6 is 22.7 Å². The Kier molecular flexibility index (Phi) is 1.96. The summed E-state index contributed by atoms with van der Waals surface area (Å²) in [5.74, 6) is 0.114. The normalized spacial score (nSPS) is 12.2. The van der Waals surface area contributed by atoms with Crippen molar-refractivity contribution in [2.24, 2.45) is 0 Å². The number of aromatic nitrogens is 1. The molecule has 0 spiro atoms. The highest BCUT2D eigenvalue weighted by molar-refractivity contribution is 7.74. The zero-order valence-electron chi connectivity index (χ0n) is 6.28. The van der Waals surface area contributed by atoms with Crippen LogP contribution in [0, 0.1) is 3.95 Å². The molecule has 1 aromatic heterocycles. The summed E-state index contributed by atoms with van der Waals surface area (Å²) in [4.78, 5) is 3.08. The highest BCUT2D eigenvalue weighted by atomic mass is 32.2. The Morgan fingerprint density at radius 1 is 1.42 bits per heavy atom. The smallest absolute Gasteiger partial charge is 0.359 e. The first-order valence-corrected chi connectivity index (χ1v) is 5.35. The molecule has 2 nitrogen and oxygen atoms in total. The van der Waals surface area contributed by atoms with E-state index < -0.39 is 0 Å². The van der Waals surface area contributed by atoms with Crippen molar-refractivity contribution in [1.29, 1.82) is 0 Å². The van der Waals surface area contributed by atoms with Crippen LogP contribution in [0.4, 0.5) is 0 Å². The molecule has 1 atom stereocenters. The number of aliphatic hydroxyl groups is 1. The minimum atomic E-state index is -0.278. The second kappa shape index (κ2) is 2.97. The number of rotatable bonds is 1. The zero-order valence-corrected chi connectivity index (χ0v) is 7.91. The van der Waals surface area contributed by atoms with Crippen molar-refractivity contribution in [3.63, 3.8) is 0 Å². The number of fused-ring (bicyclic) bond motifs is 1. The number of benzene rings is 1. The van der Waals surface area contributed by atoms with Crippen molar-refractivity contribution in [3.8, 4) is 0 Å². The topological polar surface area (TPSA) is 36.0 Å². The lowest BCUT2D eigenvalue weighted by atomic mass is 10.3. The van der Waals surface area contributed by atoms with Crippen LogP contribution in [-0.4, -0.2) is 10.1 Å². The van der Waals surface area contributed by atoms with E-state index in [4.69, 9.17) is 17.3 Å². The molecule has 4 heteroatoms. The molecule has 2 N–H and O–H groups in total. The van der Waals surface area contributed by atoms with Gasteiger partial charge in [0.1, 0.15) is 4.70 Å². The molecular weight excluding hydrogens is 190 g/mol. The average molecular weight is 198 g/mol. The van der Waals surface area contributed by atoms with Gasteiger partial charge in [0.15, 0.2) is 5.94 Å². The number of para-hydroxylation sites is 1. The largest absolute Gasteiger partial charge is 0.365 e. The van der Waals surface area contributed by atoms with Crippen molar-refractivity contribution >= 4 is 32.9 Å². The first kappa shape index (κ1) is 7.91. The van der Waals surface area contributed by atoms with Crippen LogP contribution in [0.3, 0.4) is 0 Å². The molecule has 0 aliphatic carbocycles. The third-order valence-electron chi connectivity index (χ3n) is 1.74. The SMILES string of the molecule is OC[s+]1c(=S)[nH]c2ccccc21. The van der Waals surface area contributed by atoms with Gasteiger partial charge in [-0.25, -0.2) is 0 Å². The van der Waals surface area contributed by atoms with Crippen molar-refractivity contribution in [3.05, 3.63) is 28.2 Å². The molecule has 0 fully saturated rings. The van der Waals surface area contributed by atoms with Crippen LogP contribution in [0.5, 0.6) is 0 Å². The molecule has 1 heterocycles. The van der Waals surface area contributed by atoms with Gasteiger partial charge in [-0.05, 0) is 22.6 Å². The average Bonchev–Trinajstić information content (AvgIpc) is 2.40. The molecule has 0 saturated carbocycles. The summed E-state index contributed by atoms with van der Waals surface area (Å²) in [5, 5.41) is 9.07. The standard InChI is InChI=1S/C8H7NOS2/c10-5-12-7-4-2-1-3-6(7)9-8(12)11/h1-4,10H,5H2/p+1. The second-order valence-corrected chi connectivity index (χ2v) is 4.98. The number of thiazole rings is 1. The van der Waals surface area contributed by atoms with Crippen LogP contribution in [0.25, 0.3) is 10.2 Å². The van der Waals surface area contributed by atoms with Gasteiger partial charge in [0.25, 0.3) is 12.2 Å². The van der Waals surface area contributed by atoms with Gasteiger partial charge in [0, 0.05) is 0 Å². The van der Waals surface area contributed by atoms with E-state index in [1.165, 1.54) is 0 Å². The van der Waals surface area contributed by atoms with Crippen LogP contribution < -0.4 is 0 Å². The molecular formula is C8H8NOS2+. The van der Waals surface area contributed by atoms with E-state index in [1.54, 1.807) is 0 Å². The number of H-pyrrole nitrogens is 1. The van der Waals surface area contributed by atoms with Crippen molar-refractivity contribution in [1.82, 2.24) is 4.98 Å². The van der Waals surface area contributed by atoms with Gasteiger partial charge < -0.3 is 5.11 Å². The molecule has 0 amide bonds. The molecule has 62 valence electrons. The molecule has 0 aliphatic heterocycles. The highest BCUT2D eigenvalue weighted by Crippen LogP contribution is 2.30. The van der Waals surface area contributed by atoms with Crippen LogP contribution in [0.15, 0.2) is 24.3 Å². The minimum Gasteiger partial charge on any atom is -0.365 e. The molecule has 0 radical (unpaired) electrons. The maximum Gasteiger partial charge on any atom is 0.359 e. The van der Waals surface area contributed by atoms with E-state index in [0.717, 1.165) is 14.2 Å². The molecule has 12 heavy (non-hydrogen) atoms. The summed E-state index contributed by atoms with van der Waals surface area (Å²) in [7, 11) is -0.278. The van der Waals surface area contributed by atoms with E-state index in [-0.39, 0.29) is 16.4 Å². The fourth-order valence-electron chi connectivity index (χ4n) is 1.18. The quantitative estimate of drug-likeness (QED) is 0.546. The molecule has 2 rings (SSSR count). The van der Waals surface area contributed by atoms with Gasteiger partial charge in [-0.3, -0.25) is 4.98 Å². The summed E-state index contributed by atoms with van der Waals surface area (Å²) < 4.78 is 1.88. The van der Waals surface area contributed by atoms with E-state index in [0.29, 0.717) is 0 Å². The Hall–Kier alpha value is -0.710. The predicted molar refractivity (Wildman–Crippen MR) is 53.8 cm³/mol. The third kappa shape index (κ3) is 1.08. The summed E-state index contributed by atoms with van der Waals surface area (Å²) in [6.07, 6.45) is 0. The Balaban J connectivity index is 2.91. The lowest BCUT2D eigenvalue weighted by molar-refractivity contribution is 0.323. The van der Waals surface area contributed by atoms with Crippen molar-refractivity contribution < 1.29 is 5.11 Å². The number of nitrogens with one attached hydrogen (secondary N) is 1. The first-order valence-electron chi connectivity index (χ1n) is 3.54. The van der Waals surface area contributed by atoms with Crippen LogP contribution in [0.2, 0.25) is 0 Å². The fourth-order valence-corrected chi connectivity index (χ4v) is 3.04. The lowest BCUT2D eigenvalue weighted by Gasteiger charge is -1.85. The van der Waals surface area contributed by atoms with Crippen LogP contribution in [0.1, 0.15) is 0 Å². The zero-order chi connectivity index (χ0) is 8.55. The Morgan fingerprint density at radius 2 is 2.17 bits per heavy atom. The van der Waals surface area contributed by atoms with Gasteiger partial charge in [-0.1, -0.05) is 12.1 Å². The van der Waals surface area contributed by atoms with Gasteiger partial charge >= 0.3 is 3.95 Å². The van der Waals surface area contributed by atoms with E-state index in [1.807, 2.05) is 24.3 Å². The fraction of sp³-hybridized carbons (Fsp3) is 0.125. The molecule has 1 unspecified atom stereocenters. The monoisotopic (exact) mass is 198 g/mol. The number of hydrogen-bond donors (Lipinski definition) is 2. The second-order valence-electron chi connectivity index (χ2n) is 2.43. The van der Waals surface area contributed by atoms with Crippen molar-refractivity contribution in [2.45, 2.75) is 5.94 Å². The van der Waals surface area contributed by atoms with Gasteiger partial charge in [0.2, 0.25) is 0 Å². The van der Waals surface area contributed by atoms with Gasteiger partial charge in [-0.15, -0.1) is 0 Å². The number of aliphatic hydroxyl groups excluding tert-OH is 1. The van der Waals surface area contributed by atoms with Crippen molar-refractivity contribution in [2.75, 3.05) is 0 Å². The summed E-state index contributed by atoms with van der Waals surface area (Å²) in [6, 6.07) is 7.90. The Bertz CT molecular complexity index is 457. The maximum atomic E-state index is 9.07. The van der Waals surface area contributed by atoms with E-state index in [9.17, 15) is 0 Å². The Morgan fingerprint density at radius 3 is 2.92 bits per heavy atom. The molecule has 1 aromatic carbocycles. The minimum absolute atomic E-state index is 0.114. The molecule has 0 saturated heterocycles. The summed E-state index contributed by atoms with van der Waals surface area (Å²) >= 11 is 5.09. The summed E-state index contributed by atoms with van der Waals surface area (Å²) in [5.41, 5.74) is 1.04. The summed E-state index contributed by atoms with van der Waals surface area (Å²) in [6.45, 7) is 0. The predicted octanol–water partition coefficient (Wildman–Crippen LogP) is 2.60. The van der Waals surface area contributed by atoms with E-state index in [2.05, 4.69) is 4.98 Å². The van der Waals surface area contributed by atoms with Gasteiger partial charge in [-0.2, -0.15) is 0 Å². The Labute approximate surface area is 77.5 Å².